The van der Waals surface area contributed by atoms with Crippen LogP contribution in [0.5, 0.6) is 5.75 Å². The van der Waals surface area contributed by atoms with Crippen LogP contribution in [0.3, 0.4) is 0 Å². The smallest absolute Gasteiger partial charge is 0.118 e. The highest BCUT2D eigenvalue weighted by Gasteiger charge is 2.19. The topological polar surface area (TPSA) is 45.1 Å². The molecule has 1 saturated heterocycles. The Bertz CT molecular complexity index is 1020. The van der Waals surface area contributed by atoms with E-state index in [1.165, 1.54) is 16.7 Å². The van der Waals surface area contributed by atoms with Gasteiger partial charge in [0.25, 0.3) is 0 Å². The first kappa shape index (κ1) is 22.8. The summed E-state index contributed by atoms with van der Waals surface area (Å²) in [5.74, 6) is 0.804. The number of likely N-dealkylation sites (tertiary alicyclic amines) is 1. The van der Waals surface area contributed by atoms with Crippen molar-refractivity contribution in [1.82, 2.24) is 4.90 Å². The number of methoxy groups -OCH3 is 1. The van der Waals surface area contributed by atoms with E-state index in [0.29, 0.717) is 0 Å². The van der Waals surface area contributed by atoms with Crippen molar-refractivity contribution in [3.63, 3.8) is 0 Å². The molecule has 1 N–H and O–H groups in total. The molecule has 0 radical (unpaired) electrons. The average Bonchev–Trinajstić information content (AvgIpc) is 2.89. The molecule has 170 valence electrons. The Morgan fingerprint density at radius 2 is 1.39 bits per heavy atom. The minimum Gasteiger partial charge on any atom is -0.497 e. The molecule has 1 aliphatic heterocycles. The summed E-state index contributed by atoms with van der Waals surface area (Å²) in [6, 6.07) is 29.2. The fourth-order valence-corrected chi connectivity index (χ4v) is 4.59. The van der Waals surface area contributed by atoms with Crippen molar-refractivity contribution >= 4 is 11.3 Å². The van der Waals surface area contributed by atoms with Crippen molar-refractivity contribution < 1.29 is 9.94 Å². The second-order valence-corrected chi connectivity index (χ2v) is 8.43. The van der Waals surface area contributed by atoms with Crippen LogP contribution in [0.1, 0.15) is 42.4 Å². The average molecular weight is 441 g/mol. The summed E-state index contributed by atoms with van der Waals surface area (Å²) in [7, 11) is 1.65. The lowest BCUT2D eigenvalue weighted by molar-refractivity contribution is 0.254. The van der Waals surface area contributed by atoms with Gasteiger partial charge in [-0.2, -0.15) is 0 Å². The van der Waals surface area contributed by atoms with Gasteiger partial charge in [-0.15, -0.1) is 0 Å². The zero-order valence-electron chi connectivity index (χ0n) is 19.3. The van der Waals surface area contributed by atoms with Gasteiger partial charge in [0.2, 0.25) is 0 Å². The van der Waals surface area contributed by atoms with Crippen LogP contribution in [0.4, 0.5) is 0 Å². The van der Waals surface area contributed by atoms with Crippen LogP contribution >= 0.6 is 0 Å². The number of benzene rings is 3. The first-order chi connectivity index (χ1) is 16.3. The molecule has 0 atom stereocenters. The molecular weight excluding hydrogens is 408 g/mol. The maximum atomic E-state index is 9.49. The maximum absolute atomic E-state index is 9.49. The highest BCUT2D eigenvalue weighted by molar-refractivity contribution is 6.00. The van der Waals surface area contributed by atoms with E-state index in [1.807, 2.05) is 24.3 Å². The SMILES string of the molecule is COc1ccc(C(CCCN2CCC(=C(c3ccccc3)c3ccccc3)CC2)=NO)cc1. The van der Waals surface area contributed by atoms with Gasteiger partial charge in [0.1, 0.15) is 5.75 Å². The Kier molecular flexibility index (Phi) is 7.94. The molecule has 4 heteroatoms. The van der Waals surface area contributed by atoms with Crippen molar-refractivity contribution in [2.45, 2.75) is 25.7 Å². The molecular formula is C29H32N2O2. The number of oxime groups is 1. The first-order valence-corrected chi connectivity index (χ1v) is 11.7. The second kappa shape index (κ2) is 11.5. The fourth-order valence-electron chi connectivity index (χ4n) is 4.59. The predicted molar refractivity (Wildman–Crippen MR) is 135 cm³/mol. The summed E-state index contributed by atoms with van der Waals surface area (Å²) in [5, 5.41) is 13.0. The molecule has 4 nitrogen and oxygen atoms in total. The lowest BCUT2D eigenvalue weighted by Crippen LogP contribution is -2.32. The van der Waals surface area contributed by atoms with Crippen molar-refractivity contribution in [1.29, 1.82) is 0 Å². The van der Waals surface area contributed by atoms with E-state index < -0.39 is 0 Å². The van der Waals surface area contributed by atoms with E-state index in [1.54, 1.807) is 12.7 Å². The molecule has 3 aromatic rings. The summed E-state index contributed by atoms with van der Waals surface area (Å²) in [4.78, 5) is 2.53. The van der Waals surface area contributed by atoms with Crippen LogP contribution < -0.4 is 4.74 Å². The quantitative estimate of drug-likeness (QED) is 0.256. The molecule has 0 amide bonds. The molecule has 0 spiro atoms. The lowest BCUT2D eigenvalue weighted by Gasteiger charge is -2.30. The van der Waals surface area contributed by atoms with Crippen LogP contribution in [-0.2, 0) is 0 Å². The van der Waals surface area contributed by atoms with Crippen LogP contribution in [0.25, 0.3) is 5.57 Å². The van der Waals surface area contributed by atoms with Crippen LogP contribution in [0.2, 0.25) is 0 Å². The Morgan fingerprint density at radius 1 is 0.818 bits per heavy atom. The molecule has 0 aromatic heterocycles. The van der Waals surface area contributed by atoms with Gasteiger partial charge in [-0.1, -0.05) is 71.4 Å². The number of hydrogen-bond acceptors (Lipinski definition) is 4. The van der Waals surface area contributed by atoms with Crippen LogP contribution in [0, 0.1) is 0 Å². The highest BCUT2D eigenvalue weighted by Crippen LogP contribution is 2.32. The molecule has 0 saturated carbocycles. The molecule has 1 heterocycles. The third kappa shape index (κ3) is 5.91. The Balaban J connectivity index is 1.37. The summed E-state index contributed by atoms with van der Waals surface area (Å²) in [5.41, 5.74) is 7.21. The lowest BCUT2D eigenvalue weighted by atomic mass is 9.88. The van der Waals surface area contributed by atoms with Crippen molar-refractivity contribution in [2.75, 3.05) is 26.7 Å². The summed E-state index contributed by atoms with van der Waals surface area (Å²) >= 11 is 0. The summed E-state index contributed by atoms with van der Waals surface area (Å²) in [6.45, 7) is 3.13. The minimum absolute atomic E-state index is 0.727. The fraction of sp³-hybridized carbons (Fsp3) is 0.276. The number of piperidine rings is 1. The Labute approximate surface area is 196 Å². The molecule has 1 fully saturated rings. The normalized spacial score (nSPS) is 14.8. The van der Waals surface area contributed by atoms with Gasteiger partial charge in [-0.3, -0.25) is 0 Å². The molecule has 0 aliphatic carbocycles. The zero-order chi connectivity index (χ0) is 22.9. The van der Waals surface area contributed by atoms with Gasteiger partial charge in [0.15, 0.2) is 0 Å². The van der Waals surface area contributed by atoms with E-state index in [-0.39, 0.29) is 0 Å². The van der Waals surface area contributed by atoms with E-state index in [2.05, 4.69) is 70.7 Å². The first-order valence-electron chi connectivity index (χ1n) is 11.7. The van der Waals surface area contributed by atoms with Crippen molar-refractivity contribution in [3.8, 4) is 5.75 Å². The van der Waals surface area contributed by atoms with Gasteiger partial charge in [-0.25, -0.2) is 0 Å². The minimum atomic E-state index is 0.727. The molecule has 33 heavy (non-hydrogen) atoms. The van der Waals surface area contributed by atoms with E-state index >= 15 is 0 Å². The largest absolute Gasteiger partial charge is 0.497 e. The summed E-state index contributed by atoms with van der Waals surface area (Å²) < 4.78 is 5.21. The summed E-state index contributed by atoms with van der Waals surface area (Å²) in [6.07, 6.45) is 3.88. The predicted octanol–water partition coefficient (Wildman–Crippen LogP) is 6.25. The number of ether oxygens (including phenoxy) is 1. The van der Waals surface area contributed by atoms with Gasteiger partial charge in [0.05, 0.1) is 12.8 Å². The van der Waals surface area contributed by atoms with Gasteiger partial charge < -0.3 is 14.8 Å². The van der Waals surface area contributed by atoms with Gasteiger partial charge in [0, 0.05) is 13.1 Å². The monoisotopic (exact) mass is 440 g/mol. The van der Waals surface area contributed by atoms with Crippen LogP contribution in [0.15, 0.2) is 95.7 Å². The highest BCUT2D eigenvalue weighted by atomic mass is 16.5. The van der Waals surface area contributed by atoms with Gasteiger partial charge >= 0.3 is 0 Å². The van der Waals surface area contributed by atoms with Crippen LogP contribution in [-0.4, -0.2) is 42.6 Å². The van der Waals surface area contributed by atoms with Crippen molar-refractivity contribution in [2.24, 2.45) is 5.16 Å². The molecule has 0 unspecified atom stereocenters. The van der Waals surface area contributed by atoms with E-state index in [4.69, 9.17) is 4.74 Å². The standard InChI is InChI=1S/C29H32N2O2/c1-33-27-16-14-23(15-17-27)28(30-32)13-8-20-31-21-18-26(19-22-31)29(24-9-4-2-5-10-24)25-11-6-3-7-12-25/h2-7,9-12,14-17,32H,8,13,18-22H2,1H3. The maximum Gasteiger partial charge on any atom is 0.118 e. The number of hydrogen-bond donors (Lipinski definition) is 1. The third-order valence-electron chi connectivity index (χ3n) is 6.37. The van der Waals surface area contributed by atoms with Crippen molar-refractivity contribution in [3.05, 3.63) is 107 Å². The molecule has 3 aromatic carbocycles. The van der Waals surface area contributed by atoms with E-state index in [9.17, 15) is 5.21 Å². The molecule has 1 aliphatic rings. The second-order valence-electron chi connectivity index (χ2n) is 8.43. The van der Waals surface area contributed by atoms with Gasteiger partial charge in [-0.05, 0) is 78.8 Å². The number of rotatable bonds is 8. The van der Waals surface area contributed by atoms with E-state index in [0.717, 1.165) is 62.3 Å². The Morgan fingerprint density at radius 3 is 1.91 bits per heavy atom. The molecule has 4 rings (SSSR count). The Hall–Kier alpha value is -3.37. The molecule has 0 bridgehead atoms. The third-order valence-corrected chi connectivity index (χ3v) is 6.37. The zero-order valence-corrected chi connectivity index (χ0v) is 19.3. The number of nitrogens with zero attached hydrogens (tertiary/aromatic N) is 2.